The maximum Gasteiger partial charge on any atom is 0.422 e. The number of aromatic nitrogens is 2. The van der Waals surface area contributed by atoms with Gasteiger partial charge < -0.3 is 9.47 Å². The molecule has 0 N–H and O–H groups in total. The third kappa shape index (κ3) is 7.05. The van der Waals surface area contributed by atoms with Gasteiger partial charge in [0, 0.05) is 10.6 Å². The number of esters is 1. The largest absolute Gasteiger partial charge is 0.466 e. The zero-order valence-electron chi connectivity index (χ0n) is 14.9. The van der Waals surface area contributed by atoms with E-state index >= 15 is 0 Å². The number of carbonyl (C=O) groups excluding carboxylic acids is 1. The highest BCUT2D eigenvalue weighted by Gasteiger charge is 2.29. The van der Waals surface area contributed by atoms with E-state index in [4.69, 9.17) is 21.1 Å². The third-order valence-electron chi connectivity index (χ3n) is 3.02. The molecule has 0 spiro atoms. The summed E-state index contributed by atoms with van der Waals surface area (Å²) in [7, 11) is 0. The van der Waals surface area contributed by atoms with Gasteiger partial charge in [0.25, 0.3) is 0 Å². The molecule has 1 aromatic carbocycles. The summed E-state index contributed by atoms with van der Waals surface area (Å²) in [6.07, 6.45) is -3.51. The summed E-state index contributed by atoms with van der Waals surface area (Å²) >= 11 is 5.84. The van der Waals surface area contributed by atoms with E-state index in [1.165, 1.54) is 6.20 Å². The molecule has 0 atom stereocenters. The van der Waals surface area contributed by atoms with E-state index in [-0.39, 0.29) is 23.7 Å². The van der Waals surface area contributed by atoms with Crippen molar-refractivity contribution >= 4 is 17.6 Å². The number of alkyl halides is 3. The Kier molecular flexibility index (Phi) is 6.30. The summed E-state index contributed by atoms with van der Waals surface area (Å²) < 4.78 is 47.5. The van der Waals surface area contributed by atoms with Crippen LogP contribution in [-0.4, -0.2) is 34.3 Å². The molecule has 0 radical (unpaired) electrons. The first-order valence-electron chi connectivity index (χ1n) is 7.96. The Bertz CT molecular complexity index is 803. The topological polar surface area (TPSA) is 61.3 Å². The van der Waals surface area contributed by atoms with Gasteiger partial charge in [-0.2, -0.15) is 13.2 Å². The highest BCUT2D eigenvalue weighted by Crippen LogP contribution is 2.29. The maximum absolute atomic E-state index is 12.5. The molecule has 9 heteroatoms. The maximum atomic E-state index is 12.5. The molecular weight excluding hydrogens is 385 g/mol. The minimum absolute atomic E-state index is 0.0805. The van der Waals surface area contributed by atoms with Gasteiger partial charge in [-0.3, -0.25) is 4.79 Å². The molecule has 1 aromatic heterocycles. The van der Waals surface area contributed by atoms with Crippen LogP contribution in [-0.2, 0) is 16.0 Å². The molecule has 146 valence electrons. The van der Waals surface area contributed by atoms with Gasteiger partial charge in [-0.1, -0.05) is 23.7 Å². The van der Waals surface area contributed by atoms with E-state index in [0.29, 0.717) is 10.6 Å². The second kappa shape index (κ2) is 8.12. The third-order valence-corrected chi connectivity index (χ3v) is 3.28. The van der Waals surface area contributed by atoms with Crippen molar-refractivity contribution in [1.29, 1.82) is 0 Å². The molecule has 1 heterocycles. The lowest BCUT2D eigenvalue weighted by atomic mass is 10.1. The van der Waals surface area contributed by atoms with Crippen LogP contribution < -0.4 is 4.74 Å². The average Bonchev–Trinajstić information content (AvgIpc) is 2.51. The first kappa shape index (κ1) is 21.0. The summed E-state index contributed by atoms with van der Waals surface area (Å²) in [4.78, 5) is 20.1. The van der Waals surface area contributed by atoms with Crippen LogP contribution in [0.2, 0.25) is 5.02 Å². The molecule has 2 aromatic rings. The van der Waals surface area contributed by atoms with E-state index in [0.717, 1.165) is 0 Å². The van der Waals surface area contributed by atoms with Crippen LogP contribution in [0.25, 0.3) is 11.3 Å². The van der Waals surface area contributed by atoms with Gasteiger partial charge in [0.2, 0.25) is 5.88 Å². The Labute approximate surface area is 159 Å². The summed E-state index contributed by atoms with van der Waals surface area (Å²) in [5.74, 6) is -0.814. The molecule has 0 saturated carbocycles. The smallest absolute Gasteiger partial charge is 0.422 e. The van der Waals surface area contributed by atoms with E-state index in [2.05, 4.69) is 9.97 Å². The van der Waals surface area contributed by atoms with Crippen molar-refractivity contribution in [3.8, 4) is 17.1 Å². The van der Waals surface area contributed by atoms with Crippen molar-refractivity contribution in [3.05, 3.63) is 41.2 Å². The number of nitrogens with zero attached hydrogens (tertiary/aromatic N) is 2. The van der Waals surface area contributed by atoms with Gasteiger partial charge >= 0.3 is 12.1 Å². The number of hydrogen-bond donors (Lipinski definition) is 0. The van der Waals surface area contributed by atoms with Gasteiger partial charge in [0.15, 0.2) is 6.61 Å². The first-order valence-corrected chi connectivity index (χ1v) is 8.34. The molecule has 0 aliphatic rings. The van der Waals surface area contributed by atoms with Gasteiger partial charge in [0.1, 0.15) is 11.3 Å². The minimum Gasteiger partial charge on any atom is -0.466 e. The molecule has 2 rings (SSSR count). The number of rotatable bonds is 5. The standard InChI is InChI=1S/C18H18ClF3N2O3/c1-17(2,3)27-14(25)8-13-9-23-16(26-10-18(20,21)22)15(24-13)11-4-6-12(19)7-5-11/h4-7,9H,8,10H2,1-3H3. The zero-order chi connectivity index (χ0) is 20.2. The van der Waals surface area contributed by atoms with E-state index in [1.807, 2.05) is 0 Å². The van der Waals surface area contributed by atoms with Gasteiger partial charge in [-0.25, -0.2) is 9.97 Å². The molecule has 0 bridgehead atoms. The molecule has 0 fully saturated rings. The fourth-order valence-corrected chi connectivity index (χ4v) is 2.20. The Morgan fingerprint density at radius 1 is 1.15 bits per heavy atom. The predicted octanol–water partition coefficient (Wildman–Crippen LogP) is 4.62. The van der Waals surface area contributed by atoms with Crippen LogP contribution in [0.1, 0.15) is 26.5 Å². The van der Waals surface area contributed by atoms with E-state index in [1.54, 1.807) is 45.0 Å². The second-order valence-electron chi connectivity index (χ2n) is 6.69. The van der Waals surface area contributed by atoms with Crippen molar-refractivity contribution in [2.75, 3.05) is 6.61 Å². The quantitative estimate of drug-likeness (QED) is 0.683. The van der Waals surface area contributed by atoms with Gasteiger partial charge in [-0.15, -0.1) is 0 Å². The Balaban J connectivity index is 2.32. The van der Waals surface area contributed by atoms with Crippen LogP contribution in [0.15, 0.2) is 30.5 Å². The van der Waals surface area contributed by atoms with Crippen molar-refractivity contribution in [2.24, 2.45) is 0 Å². The van der Waals surface area contributed by atoms with Gasteiger partial charge in [0.05, 0.1) is 18.3 Å². The average molecular weight is 403 g/mol. The Hall–Kier alpha value is -2.35. The molecule has 0 saturated heterocycles. The fourth-order valence-electron chi connectivity index (χ4n) is 2.08. The SMILES string of the molecule is CC(C)(C)OC(=O)Cc1cnc(OCC(F)(F)F)c(-c2ccc(Cl)cc2)n1. The molecular formula is C18H18ClF3N2O3. The first-order chi connectivity index (χ1) is 12.4. The summed E-state index contributed by atoms with van der Waals surface area (Å²) in [5.41, 5.74) is 0.111. The molecule has 0 aliphatic heterocycles. The zero-order valence-corrected chi connectivity index (χ0v) is 15.7. The summed E-state index contributed by atoms with van der Waals surface area (Å²) in [6, 6.07) is 6.27. The Morgan fingerprint density at radius 3 is 2.33 bits per heavy atom. The molecule has 5 nitrogen and oxygen atoms in total. The van der Waals surface area contributed by atoms with Crippen LogP contribution in [0.3, 0.4) is 0 Å². The number of carbonyl (C=O) groups is 1. The summed E-state index contributed by atoms with van der Waals surface area (Å²) in [6.45, 7) is 3.67. The normalized spacial score (nSPS) is 12.0. The lowest BCUT2D eigenvalue weighted by molar-refractivity contribution is -0.154. The monoisotopic (exact) mass is 402 g/mol. The van der Waals surface area contributed by atoms with Crippen molar-refractivity contribution in [2.45, 2.75) is 39.0 Å². The second-order valence-corrected chi connectivity index (χ2v) is 7.13. The Morgan fingerprint density at radius 2 is 1.78 bits per heavy atom. The lowest BCUT2D eigenvalue weighted by Crippen LogP contribution is -2.25. The highest BCUT2D eigenvalue weighted by molar-refractivity contribution is 6.30. The number of hydrogen-bond acceptors (Lipinski definition) is 5. The van der Waals surface area contributed by atoms with Crippen LogP contribution in [0.5, 0.6) is 5.88 Å². The van der Waals surface area contributed by atoms with Crippen molar-refractivity contribution in [3.63, 3.8) is 0 Å². The number of ether oxygens (including phenoxy) is 2. The predicted molar refractivity (Wildman–Crippen MR) is 93.6 cm³/mol. The molecule has 0 amide bonds. The molecule has 27 heavy (non-hydrogen) atoms. The van der Waals surface area contributed by atoms with Crippen LogP contribution in [0.4, 0.5) is 13.2 Å². The van der Waals surface area contributed by atoms with E-state index < -0.39 is 24.4 Å². The number of benzene rings is 1. The van der Waals surface area contributed by atoms with Crippen molar-refractivity contribution < 1.29 is 27.4 Å². The molecule has 0 unspecified atom stereocenters. The van der Waals surface area contributed by atoms with Crippen LogP contribution >= 0.6 is 11.6 Å². The highest BCUT2D eigenvalue weighted by atomic mass is 35.5. The fraction of sp³-hybridized carbons (Fsp3) is 0.389. The van der Waals surface area contributed by atoms with E-state index in [9.17, 15) is 18.0 Å². The molecule has 0 aliphatic carbocycles. The summed E-state index contributed by atoms with van der Waals surface area (Å²) in [5, 5.41) is 0.453. The van der Waals surface area contributed by atoms with Gasteiger partial charge in [-0.05, 0) is 32.9 Å². The van der Waals surface area contributed by atoms with Crippen LogP contribution in [0, 0.1) is 0 Å². The van der Waals surface area contributed by atoms with Crippen molar-refractivity contribution in [1.82, 2.24) is 9.97 Å². The minimum atomic E-state index is -4.52. The lowest BCUT2D eigenvalue weighted by Gasteiger charge is -2.19. The number of halogens is 4.